The van der Waals surface area contributed by atoms with E-state index in [1.807, 2.05) is 48.5 Å². The molecule has 192 valence electrons. The number of esters is 2. The highest BCUT2D eigenvalue weighted by atomic mass is 16.6. The maximum Gasteiger partial charge on any atom is 0.338 e. The lowest BCUT2D eigenvalue weighted by molar-refractivity contribution is 0.0151. The highest BCUT2D eigenvalue weighted by molar-refractivity contribution is 6.03. The number of hydrogen-bond donors (Lipinski definition) is 0. The van der Waals surface area contributed by atoms with Gasteiger partial charge in [-0.1, -0.05) is 60.7 Å². The fourth-order valence-corrected chi connectivity index (χ4v) is 4.79. The van der Waals surface area contributed by atoms with Crippen molar-refractivity contribution in [3.05, 3.63) is 120 Å². The van der Waals surface area contributed by atoms with E-state index in [2.05, 4.69) is 48.5 Å². The van der Waals surface area contributed by atoms with Gasteiger partial charge >= 0.3 is 11.9 Å². The van der Waals surface area contributed by atoms with Gasteiger partial charge in [-0.25, -0.2) is 9.59 Å². The van der Waals surface area contributed by atoms with E-state index in [9.17, 15) is 9.59 Å². The fraction of sp³-hybridized carbons (Fsp3) is 0.118. The van der Waals surface area contributed by atoms with E-state index in [1.54, 1.807) is 12.1 Å². The first-order valence-corrected chi connectivity index (χ1v) is 12.9. The first-order chi connectivity index (χ1) is 19.1. The van der Waals surface area contributed by atoms with Crippen LogP contribution in [-0.4, -0.2) is 38.4 Å². The molecule has 6 aromatic carbocycles. The van der Waals surface area contributed by atoms with Crippen molar-refractivity contribution in [3.63, 3.8) is 0 Å². The normalized spacial score (nSPS) is 11.3. The van der Waals surface area contributed by atoms with Gasteiger partial charge in [0.05, 0.1) is 24.3 Å². The number of benzene rings is 6. The smallest absolute Gasteiger partial charge is 0.338 e. The van der Waals surface area contributed by atoms with E-state index in [0.717, 1.165) is 43.1 Å². The van der Waals surface area contributed by atoms with Crippen LogP contribution in [0.3, 0.4) is 0 Å². The van der Waals surface area contributed by atoms with Crippen LogP contribution in [0.1, 0.15) is 20.7 Å². The van der Waals surface area contributed by atoms with E-state index in [-0.39, 0.29) is 26.4 Å². The number of rotatable bonds is 8. The van der Waals surface area contributed by atoms with Gasteiger partial charge < -0.3 is 14.2 Å². The zero-order valence-corrected chi connectivity index (χ0v) is 21.3. The minimum absolute atomic E-state index is 0.112. The minimum Gasteiger partial charge on any atom is -0.460 e. The Balaban J connectivity index is 0.957. The molecule has 0 radical (unpaired) electrons. The molecule has 0 heterocycles. The SMILES string of the molecule is O=C(OCCOCCOC(=O)c1ccc2cc3ccccc3cc2c1)c1ccc2cc3ccccc3cc2c1. The van der Waals surface area contributed by atoms with Crippen molar-refractivity contribution in [2.45, 2.75) is 0 Å². The summed E-state index contributed by atoms with van der Waals surface area (Å²) < 4.78 is 16.2. The van der Waals surface area contributed by atoms with Crippen LogP contribution in [0.5, 0.6) is 0 Å². The van der Waals surface area contributed by atoms with Gasteiger partial charge in [0, 0.05) is 0 Å². The molecule has 0 aliphatic heterocycles. The molecule has 0 amide bonds. The van der Waals surface area contributed by atoms with Crippen LogP contribution in [0.4, 0.5) is 0 Å². The second-order valence-electron chi connectivity index (χ2n) is 9.41. The molecule has 5 heteroatoms. The second-order valence-corrected chi connectivity index (χ2v) is 9.41. The molecule has 0 unspecified atom stereocenters. The molecule has 0 N–H and O–H groups in total. The zero-order chi connectivity index (χ0) is 26.6. The lowest BCUT2D eigenvalue weighted by atomic mass is 10.0. The van der Waals surface area contributed by atoms with Crippen molar-refractivity contribution < 1.29 is 23.8 Å². The largest absolute Gasteiger partial charge is 0.460 e. The molecule has 39 heavy (non-hydrogen) atoms. The minimum atomic E-state index is -0.399. The third-order valence-corrected chi connectivity index (χ3v) is 6.80. The van der Waals surface area contributed by atoms with E-state index >= 15 is 0 Å². The highest BCUT2D eigenvalue weighted by Crippen LogP contribution is 2.25. The highest BCUT2D eigenvalue weighted by Gasteiger charge is 2.10. The molecule has 0 saturated carbocycles. The summed E-state index contributed by atoms with van der Waals surface area (Å²) in [7, 11) is 0. The van der Waals surface area contributed by atoms with Crippen molar-refractivity contribution in [1.29, 1.82) is 0 Å². The lowest BCUT2D eigenvalue weighted by Crippen LogP contribution is -2.14. The van der Waals surface area contributed by atoms with Crippen molar-refractivity contribution in [3.8, 4) is 0 Å². The monoisotopic (exact) mass is 514 g/mol. The topological polar surface area (TPSA) is 61.8 Å². The lowest BCUT2D eigenvalue weighted by Gasteiger charge is -2.09. The summed E-state index contributed by atoms with van der Waals surface area (Å²) in [4.78, 5) is 25.0. The molecule has 0 saturated heterocycles. The Morgan fingerprint density at radius 1 is 0.410 bits per heavy atom. The van der Waals surface area contributed by atoms with Gasteiger partial charge in [0.2, 0.25) is 0 Å². The van der Waals surface area contributed by atoms with Gasteiger partial charge in [-0.15, -0.1) is 0 Å². The molecule has 6 rings (SSSR count). The Morgan fingerprint density at radius 3 is 1.18 bits per heavy atom. The summed E-state index contributed by atoms with van der Waals surface area (Å²) in [5.41, 5.74) is 0.991. The Hall–Kier alpha value is -4.74. The summed E-state index contributed by atoms with van der Waals surface area (Å²) in [6, 6.07) is 35.8. The molecular weight excluding hydrogens is 488 g/mol. The van der Waals surface area contributed by atoms with Gasteiger partial charge in [0.25, 0.3) is 0 Å². The van der Waals surface area contributed by atoms with Gasteiger partial charge in [0.1, 0.15) is 13.2 Å². The quantitative estimate of drug-likeness (QED) is 0.121. The molecular formula is C34H26O5. The molecule has 0 aliphatic carbocycles. The Morgan fingerprint density at radius 2 is 0.769 bits per heavy atom. The van der Waals surface area contributed by atoms with Gasteiger partial charge in [-0.3, -0.25) is 0 Å². The Bertz CT molecular complexity index is 1700. The maximum atomic E-state index is 12.5. The standard InChI is InChI=1S/C34H26O5/c35-33(29-11-9-27-17-23-5-1-3-7-25(23)19-31(27)21-29)38-15-13-37-14-16-39-34(36)30-12-10-28-18-24-6-2-4-8-26(24)20-32(28)22-30/h1-12,17-22H,13-16H2. The van der Waals surface area contributed by atoms with Gasteiger partial charge in [-0.05, 0) is 91.6 Å². The van der Waals surface area contributed by atoms with Crippen LogP contribution < -0.4 is 0 Å². The summed E-state index contributed by atoms with van der Waals surface area (Å²) in [5, 5.41) is 8.68. The second kappa shape index (κ2) is 10.9. The van der Waals surface area contributed by atoms with E-state index in [1.165, 1.54) is 0 Å². The molecule has 6 aromatic rings. The van der Waals surface area contributed by atoms with Gasteiger partial charge in [0.15, 0.2) is 0 Å². The van der Waals surface area contributed by atoms with Crippen molar-refractivity contribution in [2.24, 2.45) is 0 Å². The molecule has 0 bridgehead atoms. The summed E-state index contributed by atoms with van der Waals surface area (Å²) in [6.07, 6.45) is 0. The molecule has 0 aliphatic rings. The predicted molar refractivity (Wildman–Crippen MR) is 154 cm³/mol. The van der Waals surface area contributed by atoms with Crippen LogP contribution in [0, 0.1) is 0 Å². The summed E-state index contributed by atoms with van der Waals surface area (Å²) in [5.74, 6) is -0.798. The van der Waals surface area contributed by atoms with Crippen LogP contribution >= 0.6 is 0 Å². The first-order valence-electron chi connectivity index (χ1n) is 12.9. The Kier molecular flexibility index (Phi) is 6.89. The molecule has 0 aromatic heterocycles. The number of ether oxygens (including phenoxy) is 3. The third-order valence-electron chi connectivity index (χ3n) is 6.80. The van der Waals surface area contributed by atoms with Crippen LogP contribution in [0.25, 0.3) is 43.1 Å². The molecule has 0 atom stereocenters. The van der Waals surface area contributed by atoms with Crippen LogP contribution in [0.2, 0.25) is 0 Å². The van der Waals surface area contributed by atoms with Crippen LogP contribution in [-0.2, 0) is 14.2 Å². The zero-order valence-electron chi connectivity index (χ0n) is 21.3. The molecule has 0 spiro atoms. The molecule has 0 fully saturated rings. The van der Waals surface area contributed by atoms with E-state index in [4.69, 9.17) is 14.2 Å². The average molecular weight is 515 g/mol. The molecule has 5 nitrogen and oxygen atoms in total. The number of carbonyl (C=O) groups is 2. The number of carbonyl (C=O) groups excluding carboxylic acids is 2. The maximum absolute atomic E-state index is 12.5. The van der Waals surface area contributed by atoms with Crippen LogP contribution in [0.15, 0.2) is 109 Å². The number of hydrogen-bond acceptors (Lipinski definition) is 5. The first kappa shape index (κ1) is 24.6. The van der Waals surface area contributed by atoms with Crippen molar-refractivity contribution in [2.75, 3.05) is 26.4 Å². The Labute approximate surface area is 225 Å². The van der Waals surface area contributed by atoms with Gasteiger partial charge in [-0.2, -0.15) is 0 Å². The van der Waals surface area contributed by atoms with E-state index < -0.39 is 11.9 Å². The van der Waals surface area contributed by atoms with E-state index in [0.29, 0.717) is 11.1 Å². The third kappa shape index (κ3) is 5.44. The summed E-state index contributed by atoms with van der Waals surface area (Å²) >= 11 is 0. The summed E-state index contributed by atoms with van der Waals surface area (Å²) in [6.45, 7) is 0.650. The average Bonchev–Trinajstić information content (AvgIpc) is 2.97. The van der Waals surface area contributed by atoms with Crippen molar-refractivity contribution >= 4 is 55.0 Å². The van der Waals surface area contributed by atoms with Crippen molar-refractivity contribution in [1.82, 2.24) is 0 Å². The number of fused-ring (bicyclic) bond motifs is 4. The predicted octanol–water partition coefficient (Wildman–Crippen LogP) is 7.33. The fourth-order valence-electron chi connectivity index (χ4n) is 4.79.